The van der Waals surface area contributed by atoms with Crippen LogP contribution in [0.5, 0.6) is 17.2 Å². The number of hydrogen-bond acceptors (Lipinski definition) is 6. The van der Waals surface area contributed by atoms with E-state index in [-0.39, 0.29) is 12.5 Å². The van der Waals surface area contributed by atoms with Gasteiger partial charge in [0.25, 0.3) is 5.91 Å². The number of aromatic nitrogens is 1. The van der Waals surface area contributed by atoms with E-state index in [0.717, 1.165) is 27.6 Å². The van der Waals surface area contributed by atoms with E-state index >= 15 is 0 Å². The zero-order valence-corrected chi connectivity index (χ0v) is 17.5. The summed E-state index contributed by atoms with van der Waals surface area (Å²) in [6.45, 7) is 7.00. The Balaban J connectivity index is 1.57. The summed E-state index contributed by atoms with van der Waals surface area (Å²) in [6.07, 6.45) is 0. The summed E-state index contributed by atoms with van der Waals surface area (Å²) < 4.78 is 16.4. The number of hydrogen-bond donors (Lipinski definition) is 1. The first-order chi connectivity index (χ1) is 14.1. The Labute approximate surface area is 174 Å². The summed E-state index contributed by atoms with van der Waals surface area (Å²) in [6, 6.07) is 14.9. The molecule has 152 valence electrons. The van der Waals surface area contributed by atoms with Crippen LogP contribution in [0.3, 0.4) is 0 Å². The van der Waals surface area contributed by atoms with Gasteiger partial charge in [-0.25, -0.2) is 4.98 Å². The number of nitrogens with zero attached hydrogens (tertiary/aromatic N) is 1. The lowest BCUT2D eigenvalue weighted by Gasteiger charge is -2.07. The van der Waals surface area contributed by atoms with E-state index in [1.54, 1.807) is 12.1 Å². The zero-order valence-electron chi connectivity index (χ0n) is 16.7. The van der Waals surface area contributed by atoms with Crippen molar-refractivity contribution in [3.05, 3.63) is 53.4 Å². The number of amides is 1. The third kappa shape index (κ3) is 5.71. The van der Waals surface area contributed by atoms with Crippen LogP contribution >= 0.6 is 11.3 Å². The molecule has 0 aliphatic heterocycles. The molecule has 1 aromatic heterocycles. The van der Waals surface area contributed by atoms with Crippen LogP contribution in [0, 0.1) is 6.92 Å². The minimum atomic E-state index is -0.258. The first-order valence-corrected chi connectivity index (χ1v) is 10.3. The van der Waals surface area contributed by atoms with Gasteiger partial charge in [0.15, 0.2) is 11.7 Å². The van der Waals surface area contributed by atoms with Gasteiger partial charge in [-0.15, -0.1) is 11.3 Å². The molecule has 3 aromatic rings. The maximum absolute atomic E-state index is 12.2. The van der Waals surface area contributed by atoms with Crippen molar-refractivity contribution < 1.29 is 19.0 Å². The number of anilines is 1. The normalized spacial score (nSPS) is 10.4. The second kappa shape index (κ2) is 9.93. The molecule has 0 spiro atoms. The van der Waals surface area contributed by atoms with Gasteiger partial charge in [0.05, 0.1) is 18.9 Å². The molecule has 0 radical (unpaired) electrons. The maximum atomic E-state index is 12.2. The van der Waals surface area contributed by atoms with Gasteiger partial charge >= 0.3 is 0 Å². The number of nitrogens with one attached hydrogen (secondary N) is 1. The Morgan fingerprint density at radius 3 is 1.97 bits per heavy atom. The molecule has 3 rings (SSSR count). The first kappa shape index (κ1) is 20.7. The van der Waals surface area contributed by atoms with Crippen molar-refractivity contribution in [3.8, 4) is 28.5 Å². The molecule has 0 aliphatic rings. The molecule has 0 unspecified atom stereocenters. The second-order valence-electron chi connectivity index (χ2n) is 6.12. The Hall–Kier alpha value is -3.06. The highest BCUT2D eigenvalue weighted by Crippen LogP contribution is 2.31. The molecule has 1 N–H and O–H groups in total. The second-order valence-corrected chi connectivity index (χ2v) is 7.33. The van der Waals surface area contributed by atoms with E-state index in [1.165, 1.54) is 11.3 Å². The Kier molecular flexibility index (Phi) is 7.08. The fraction of sp³-hybridized carbons (Fsp3) is 0.273. The number of carbonyl (C=O) groups excluding carboxylic acids is 1. The van der Waals surface area contributed by atoms with Gasteiger partial charge in [0.1, 0.15) is 17.2 Å². The van der Waals surface area contributed by atoms with Crippen molar-refractivity contribution in [2.75, 3.05) is 25.1 Å². The SMILES string of the molecule is CCOc1ccc(OCC(=O)Nc2nc(-c3ccc(OCC)cc3)c(C)s2)cc1. The molecule has 0 fully saturated rings. The largest absolute Gasteiger partial charge is 0.494 e. The van der Waals surface area contributed by atoms with Crippen LogP contribution in [0.2, 0.25) is 0 Å². The third-order valence-corrected chi connectivity index (χ3v) is 4.87. The fourth-order valence-corrected chi connectivity index (χ4v) is 3.55. The summed E-state index contributed by atoms with van der Waals surface area (Å²) in [5.41, 5.74) is 1.83. The Bertz CT molecular complexity index is 936. The van der Waals surface area contributed by atoms with Gasteiger partial charge in [-0.2, -0.15) is 0 Å². The summed E-state index contributed by atoms with van der Waals surface area (Å²) in [7, 11) is 0. The van der Waals surface area contributed by atoms with Crippen LogP contribution in [0.4, 0.5) is 5.13 Å². The van der Waals surface area contributed by atoms with Crippen molar-refractivity contribution >= 4 is 22.4 Å². The molecule has 7 heteroatoms. The summed E-state index contributed by atoms with van der Waals surface area (Å²) in [4.78, 5) is 17.8. The van der Waals surface area contributed by atoms with Gasteiger partial charge < -0.3 is 14.2 Å². The molecule has 2 aromatic carbocycles. The predicted octanol–water partition coefficient (Wildman–Crippen LogP) is 4.93. The predicted molar refractivity (Wildman–Crippen MR) is 115 cm³/mol. The third-order valence-electron chi connectivity index (χ3n) is 3.99. The van der Waals surface area contributed by atoms with E-state index in [9.17, 15) is 4.79 Å². The van der Waals surface area contributed by atoms with Crippen LogP contribution in [0.15, 0.2) is 48.5 Å². The standard InChI is InChI=1S/C22H24N2O4S/c1-4-26-17-8-6-16(7-9-17)21-15(3)29-22(24-21)23-20(25)14-28-19-12-10-18(11-13-19)27-5-2/h6-13H,4-5,14H2,1-3H3,(H,23,24,25). The number of rotatable bonds is 9. The van der Waals surface area contributed by atoms with Crippen LogP contribution in [0.1, 0.15) is 18.7 Å². The average molecular weight is 413 g/mol. The van der Waals surface area contributed by atoms with Crippen LogP contribution in [-0.4, -0.2) is 30.7 Å². The molecule has 1 heterocycles. The smallest absolute Gasteiger partial charge is 0.264 e. The van der Waals surface area contributed by atoms with E-state index in [2.05, 4.69) is 10.3 Å². The van der Waals surface area contributed by atoms with E-state index < -0.39 is 0 Å². The number of benzene rings is 2. The van der Waals surface area contributed by atoms with E-state index in [1.807, 2.05) is 57.2 Å². The lowest BCUT2D eigenvalue weighted by atomic mass is 10.1. The molecule has 1 amide bonds. The molecule has 0 atom stereocenters. The van der Waals surface area contributed by atoms with E-state index in [4.69, 9.17) is 14.2 Å². The summed E-state index contributed by atoms with van der Waals surface area (Å²) in [5, 5.41) is 3.35. The highest BCUT2D eigenvalue weighted by Gasteiger charge is 2.13. The molecule has 0 aliphatic carbocycles. The highest BCUT2D eigenvalue weighted by atomic mass is 32.1. The van der Waals surface area contributed by atoms with Gasteiger partial charge in [-0.05, 0) is 69.3 Å². The minimum Gasteiger partial charge on any atom is -0.494 e. The number of aryl methyl sites for hydroxylation is 1. The number of thiazole rings is 1. The molecular formula is C22H24N2O4S. The topological polar surface area (TPSA) is 69.7 Å². The minimum absolute atomic E-state index is 0.0923. The monoisotopic (exact) mass is 412 g/mol. The molecule has 0 saturated carbocycles. The molecule has 0 saturated heterocycles. The zero-order chi connectivity index (χ0) is 20.6. The Morgan fingerprint density at radius 2 is 1.41 bits per heavy atom. The summed E-state index contributed by atoms with van der Waals surface area (Å²) in [5.74, 6) is 1.94. The molecule has 29 heavy (non-hydrogen) atoms. The van der Waals surface area contributed by atoms with Crippen molar-refractivity contribution in [3.63, 3.8) is 0 Å². The van der Waals surface area contributed by atoms with Crippen molar-refractivity contribution in [2.45, 2.75) is 20.8 Å². The Morgan fingerprint density at radius 1 is 0.897 bits per heavy atom. The number of carbonyl (C=O) groups is 1. The van der Waals surface area contributed by atoms with Crippen LogP contribution in [0.25, 0.3) is 11.3 Å². The van der Waals surface area contributed by atoms with Crippen molar-refractivity contribution in [1.82, 2.24) is 4.98 Å². The van der Waals surface area contributed by atoms with Gasteiger partial charge in [0, 0.05) is 10.4 Å². The number of ether oxygens (including phenoxy) is 3. The van der Waals surface area contributed by atoms with Gasteiger partial charge in [-0.1, -0.05) is 0 Å². The van der Waals surface area contributed by atoms with Crippen molar-refractivity contribution in [1.29, 1.82) is 0 Å². The molecule has 6 nitrogen and oxygen atoms in total. The molecule has 0 bridgehead atoms. The van der Waals surface area contributed by atoms with Crippen molar-refractivity contribution in [2.24, 2.45) is 0 Å². The van der Waals surface area contributed by atoms with Gasteiger partial charge in [0.2, 0.25) is 0 Å². The fourth-order valence-electron chi connectivity index (χ4n) is 2.70. The quantitative estimate of drug-likeness (QED) is 0.539. The van der Waals surface area contributed by atoms with E-state index in [0.29, 0.717) is 24.1 Å². The maximum Gasteiger partial charge on any atom is 0.264 e. The van der Waals surface area contributed by atoms with Crippen LogP contribution < -0.4 is 19.5 Å². The summed E-state index contributed by atoms with van der Waals surface area (Å²) >= 11 is 1.43. The van der Waals surface area contributed by atoms with Crippen LogP contribution in [-0.2, 0) is 4.79 Å². The lowest BCUT2D eigenvalue weighted by Crippen LogP contribution is -2.20. The first-order valence-electron chi connectivity index (χ1n) is 9.45. The highest BCUT2D eigenvalue weighted by molar-refractivity contribution is 7.16. The van der Waals surface area contributed by atoms with Gasteiger partial charge in [-0.3, -0.25) is 10.1 Å². The molecular weight excluding hydrogens is 388 g/mol. The average Bonchev–Trinajstić information content (AvgIpc) is 3.08. The lowest BCUT2D eigenvalue weighted by molar-refractivity contribution is -0.118.